The Labute approximate surface area is 154 Å². The van der Waals surface area contributed by atoms with Crippen molar-refractivity contribution in [1.82, 2.24) is 9.55 Å². The maximum absolute atomic E-state index is 5.48. The highest BCUT2D eigenvalue weighted by Gasteiger charge is 2.14. The molecule has 0 atom stereocenters. The molecule has 26 heavy (non-hydrogen) atoms. The van der Waals surface area contributed by atoms with E-state index in [1.165, 1.54) is 11.3 Å². The van der Waals surface area contributed by atoms with Crippen molar-refractivity contribution >= 4 is 11.4 Å². The van der Waals surface area contributed by atoms with E-state index >= 15 is 0 Å². The molecular weight excluding hydrogens is 324 g/mol. The second-order valence-corrected chi connectivity index (χ2v) is 6.52. The number of benzene rings is 2. The van der Waals surface area contributed by atoms with Gasteiger partial charge in [0.15, 0.2) is 0 Å². The van der Waals surface area contributed by atoms with Crippen molar-refractivity contribution in [3.8, 4) is 11.4 Å². The maximum Gasteiger partial charge on any atom is 0.139 e. The minimum atomic E-state index is 0.789. The number of hydrogen-bond donors (Lipinski definition) is 1. The lowest BCUT2D eigenvalue weighted by Crippen LogP contribution is -2.36. The number of aryl methyl sites for hydroxylation is 1. The van der Waals surface area contributed by atoms with Crippen LogP contribution in [0.15, 0.2) is 60.9 Å². The van der Waals surface area contributed by atoms with Gasteiger partial charge in [0.1, 0.15) is 5.82 Å². The van der Waals surface area contributed by atoms with Crippen molar-refractivity contribution < 1.29 is 4.74 Å². The molecule has 3 aromatic rings. The highest BCUT2D eigenvalue weighted by atomic mass is 16.5. The molecule has 0 bridgehead atoms. The Morgan fingerprint density at radius 2 is 1.92 bits per heavy atom. The predicted molar refractivity (Wildman–Crippen MR) is 105 cm³/mol. The van der Waals surface area contributed by atoms with Gasteiger partial charge in [-0.05, 0) is 23.8 Å². The van der Waals surface area contributed by atoms with Gasteiger partial charge < -0.3 is 19.5 Å². The molecule has 1 fully saturated rings. The van der Waals surface area contributed by atoms with Gasteiger partial charge in [-0.2, -0.15) is 0 Å². The summed E-state index contributed by atoms with van der Waals surface area (Å²) in [5.41, 5.74) is 4.81. The summed E-state index contributed by atoms with van der Waals surface area (Å²) in [6, 6.07) is 17.0. The molecular formula is C21H24N4O. The van der Waals surface area contributed by atoms with Crippen LogP contribution in [0.5, 0.6) is 0 Å². The lowest BCUT2D eigenvalue weighted by atomic mass is 10.1. The third-order valence-corrected chi connectivity index (χ3v) is 4.77. The van der Waals surface area contributed by atoms with Gasteiger partial charge in [-0.1, -0.05) is 30.3 Å². The average Bonchev–Trinajstić information content (AvgIpc) is 3.13. The fourth-order valence-electron chi connectivity index (χ4n) is 3.38. The van der Waals surface area contributed by atoms with Crippen molar-refractivity contribution in [3.63, 3.8) is 0 Å². The predicted octanol–water partition coefficient (Wildman–Crippen LogP) is 3.54. The molecule has 0 amide bonds. The van der Waals surface area contributed by atoms with Crippen LogP contribution in [-0.4, -0.2) is 35.9 Å². The number of ether oxygens (including phenoxy) is 1. The van der Waals surface area contributed by atoms with Gasteiger partial charge in [0, 0.05) is 56.0 Å². The van der Waals surface area contributed by atoms with Gasteiger partial charge in [-0.3, -0.25) is 0 Å². The van der Waals surface area contributed by atoms with E-state index in [9.17, 15) is 0 Å². The number of nitrogens with one attached hydrogen (secondary N) is 1. The van der Waals surface area contributed by atoms with Crippen LogP contribution >= 0.6 is 0 Å². The minimum absolute atomic E-state index is 0.789. The highest BCUT2D eigenvalue weighted by Crippen LogP contribution is 2.24. The molecule has 134 valence electrons. The Bertz CT molecular complexity index is 868. The van der Waals surface area contributed by atoms with Crippen molar-refractivity contribution in [2.45, 2.75) is 6.54 Å². The van der Waals surface area contributed by atoms with Crippen molar-refractivity contribution in [1.29, 1.82) is 0 Å². The van der Waals surface area contributed by atoms with Gasteiger partial charge in [0.2, 0.25) is 0 Å². The molecule has 1 aromatic heterocycles. The molecule has 4 rings (SSSR count). The lowest BCUT2D eigenvalue weighted by Gasteiger charge is -2.30. The van der Waals surface area contributed by atoms with Crippen LogP contribution in [0.1, 0.15) is 5.56 Å². The van der Waals surface area contributed by atoms with Gasteiger partial charge >= 0.3 is 0 Å². The number of morpholine rings is 1. The molecule has 1 aliphatic rings. The van der Waals surface area contributed by atoms with Crippen LogP contribution < -0.4 is 10.2 Å². The molecule has 1 aliphatic heterocycles. The summed E-state index contributed by atoms with van der Waals surface area (Å²) in [5.74, 6) is 0.974. The molecule has 5 heteroatoms. The summed E-state index contributed by atoms with van der Waals surface area (Å²) in [4.78, 5) is 6.84. The molecule has 0 unspecified atom stereocenters. The van der Waals surface area contributed by atoms with Crippen LogP contribution in [0.4, 0.5) is 11.4 Å². The fourth-order valence-corrected chi connectivity index (χ4v) is 3.38. The number of rotatable bonds is 5. The van der Waals surface area contributed by atoms with E-state index in [2.05, 4.69) is 63.7 Å². The van der Waals surface area contributed by atoms with E-state index in [-0.39, 0.29) is 0 Å². The summed E-state index contributed by atoms with van der Waals surface area (Å²) >= 11 is 0. The molecule has 0 radical (unpaired) electrons. The zero-order chi connectivity index (χ0) is 17.8. The minimum Gasteiger partial charge on any atom is -0.381 e. The van der Waals surface area contributed by atoms with E-state index in [0.717, 1.165) is 49.9 Å². The van der Waals surface area contributed by atoms with Gasteiger partial charge in [-0.25, -0.2) is 4.98 Å². The first-order chi connectivity index (χ1) is 12.8. The number of para-hydroxylation sites is 1. The smallest absolute Gasteiger partial charge is 0.139 e. The van der Waals surface area contributed by atoms with Crippen LogP contribution in [0.25, 0.3) is 11.4 Å². The highest BCUT2D eigenvalue weighted by molar-refractivity contribution is 5.63. The standard InChI is InChI=1S/C21H24N4O/c1-24-10-9-22-21(24)17-6-4-7-19(15-17)23-16-18-5-2-3-8-20(18)25-11-13-26-14-12-25/h2-10,15,23H,11-14,16H2,1H3. The van der Waals surface area contributed by atoms with Crippen molar-refractivity contribution in [2.24, 2.45) is 7.05 Å². The molecule has 0 aliphatic carbocycles. The second kappa shape index (κ2) is 7.62. The molecule has 0 spiro atoms. The van der Waals surface area contributed by atoms with Crippen LogP contribution in [0, 0.1) is 0 Å². The Morgan fingerprint density at radius 1 is 1.08 bits per heavy atom. The number of nitrogens with zero attached hydrogens (tertiary/aromatic N) is 3. The Balaban J connectivity index is 1.50. The number of aromatic nitrogens is 2. The molecule has 2 aromatic carbocycles. The van der Waals surface area contributed by atoms with Crippen LogP contribution in [0.3, 0.4) is 0 Å². The average molecular weight is 348 g/mol. The van der Waals surface area contributed by atoms with Gasteiger partial charge in [0.05, 0.1) is 13.2 Å². The monoisotopic (exact) mass is 348 g/mol. The van der Waals surface area contributed by atoms with E-state index in [1.54, 1.807) is 0 Å². The van der Waals surface area contributed by atoms with Crippen LogP contribution in [-0.2, 0) is 18.3 Å². The first-order valence-electron chi connectivity index (χ1n) is 9.03. The summed E-state index contributed by atoms with van der Waals surface area (Å²) in [6.07, 6.45) is 3.79. The first-order valence-corrected chi connectivity index (χ1v) is 9.03. The Morgan fingerprint density at radius 3 is 2.73 bits per heavy atom. The largest absolute Gasteiger partial charge is 0.381 e. The van der Waals surface area contributed by atoms with E-state index in [4.69, 9.17) is 4.74 Å². The number of imidazole rings is 1. The zero-order valence-electron chi connectivity index (χ0n) is 15.1. The fraction of sp³-hybridized carbons (Fsp3) is 0.286. The summed E-state index contributed by atoms with van der Waals surface area (Å²) in [5, 5.41) is 3.57. The van der Waals surface area contributed by atoms with Crippen LogP contribution in [0.2, 0.25) is 0 Å². The Hall–Kier alpha value is -2.79. The Kier molecular flexibility index (Phi) is 4.88. The topological polar surface area (TPSA) is 42.3 Å². The summed E-state index contributed by atoms with van der Waals surface area (Å²) in [6.45, 7) is 4.29. The second-order valence-electron chi connectivity index (χ2n) is 6.52. The molecule has 5 nitrogen and oxygen atoms in total. The first kappa shape index (κ1) is 16.7. The summed E-state index contributed by atoms with van der Waals surface area (Å²) in [7, 11) is 2.01. The zero-order valence-corrected chi connectivity index (χ0v) is 15.1. The molecule has 0 saturated carbocycles. The molecule has 1 N–H and O–H groups in total. The number of anilines is 2. The number of hydrogen-bond acceptors (Lipinski definition) is 4. The third-order valence-electron chi connectivity index (χ3n) is 4.77. The van der Waals surface area contributed by atoms with Gasteiger partial charge in [0.25, 0.3) is 0 Å². The third kappa shape index (κ3) is 3.58. The normalized spacial score (nSPS) is 14.4. The quantitative estimate of drug-likeness (QED) is 0.766. The van der Waals surface area contributed by atoms with Gasteiger partial charge in [-0.15, -0.1) is 0 Å². The van der Waals surface area contributed by atoms with E-state index in [0.29, 0.717) is 0 Å². The van der Waals surface area contributed by atoms with E-state index in [1.807, 2.05) is 24.0 Å². The maximum atomic E-state index is 5.48. The van der Waals surface area contributed by atoms with Crippen molar-refractivity contribution in [3.05, 3.63) is 66.5 Å². The summed E-state index contributed by atoms with van der Waals surface area (Å²) < 4.78 is 7.52. The molecule has 1 saturated heterocycles. The lowest BCUT2D eigenvalue weighted by molar-refractivity contribution is 0.122. The van der Waals surface area contributed by atoms with Crippen molar-refractivity contribution in [2.75, 3.05) is 36.5 Å². The van der Waals surface area contributed by atoms with E-state index < -0.39 is 0 Å². The SMILES string of the molecule is Cn1ccnc1-c1cccc(NCc2ccccc2N2CCOCC2)c1. The molecule has 2 heterocycles.